The quantitative estimate of drug-likeness (QED) is 0.399. The van der Waals surface area contributed by atoms with Gasteiger partial charge in [0.1, 0.15) is 11.5 Å². The lowest BCUT2D eigenvalue weighted by atomic mass is 10.00. The average Bonchev–Trinajstić information content (AvgIpc) is 3.09. The highest BCUT2D eigenvalue weighted by Gasteiger charge is 2.16. The predicted octanol–water partition coefficient (Wildman–Crippen LogP) is 6.90. The summed E-state index contributed by atoms with van der Waals surface area (Å²) in [6, 6.07) is 29.5. The third-order valence-corrected chi connectivity index (χ3v) is 4.47. The summed E-state index contributed by atoms with van der Waals surface area (Å²) in [5.74, 6) is 1.81. The van der Waals surface area contributed by atoms with Crippen molar-refractivity contribution in [2.75, 3.05) is 0 Å². The maximum absolute atomic E-state index is 6.31. The van der Waals surface area contributed by atoms with E-state index in [2.05, 4.69) is 80.6 Å². The molecule has 0 amide bonds. The summed E-state index contributed by atoms with van der Waals surface area (Å²) in [5, 5.41) is 0. The maximum Gasteiger partial charge on any atom is 0.142 e. The standard InChI is InChI=1S/C24H20O/c1-17-8-12-19(13-9-17)22-16-23(20-6-4-3-5-7-20)25-24(22)21-14-10-18(2)11-15-21/h3-16H,1-2H3. The molecule has 122 valence electrons. The van der Waals surface area contributed by atoms with Crippen LogP contribution in [0, 0.1) is 13.8 Å². The lowest BCUT2D eigenvalue weighted by molar-refractivity contribution is 0.598. The first-order valence-electron chi connectivity index (χ1n) is 8.54. The molecule has 4 rings (SSSR count). The molecule has 1 heterocycles. The minimum atomic E-state index is 0.895. The monoisotopic (exact) mass is 324 g/mol. The molecular weight excluding hydrogens is 304 g/mol. The van der Waals surface area contributed by atoms with Crippen LogP contribution in [0.4, 0.5) is 0 Å². The Kier molecular flexibility index (Phi) is 3.99. The summed E-state index contributed by atoms with van der Waals surface area (Å²) in [6.45, 7) is 4.21. The van der Waals surface area contributed by atoms with Crippen molar-refractivity contribution in [2.24, 2.45) is 0 Å². The Morgan fingerprint density at radius 3 is 1.72 bits per heavy atom. The molecular formula is C24H20O. The first-order valence-corrected chi connectivity index (χ1v) is 8.54. The van der Waals surface area contributed by atoms with E-state index < -0.39 is 0 Å². The third kappa shape index (κ3) is 3.14. The van der Waals surface area contributed by atoms with E-state index in [1.807, 2.05) is 18.2 Å². The number of hydrogen-bond acceptors (Lipinski definition) is 1. The molecule has 1 aromatic heterocycles. The Morgan fingerprint density at radius 2 is 1.12 bits per heavy atom. The van der Waals surface area contributed by atoms with Crippen molar-refractivity contribution in [1.82, 2.24) is 0 Å². The molecule has 0 atom stereocenters. The Balaban J connectivity index is 1.89. The molecule has 0 radical (unpaired) electrons. The number of aryl methyl sites for hydroxylation is 2. The van der Waals surface area contributed by atoms with Crippen LogP contribution in [0.25, 0.3) is 33.8 Å². The van der Waals surface area contributed by atoms with Gasteiger partial charge in [-0.15, -0.1) is 0 Å². The first-order chi connectivity index (χ1) is 12.2. The minimum absolute atomic E-state index is 0.895. The van der Waals surface area contributed by atoms with Gasteiger partial charge in [0.25, 0.3) is 0 Å². The van der Waals surface area contributed by atoms with Crippen molar-refractivity contribution in [1.29, 1.82) is 0 Å². The van der Waals surface area contributed by atoms with Crippen LogP contribution in [0.2, 0.25) is 0 Å². The van der Waals surface area contributed by atoms with Crippen LogP contribution >= 0.6 is 0 Å². The molecule has 0 aliphatic carbocycles. The fourth-order valence-corrected chi connectivity index (χ4v) is 3.00. The summed E-state index contributed by atoms with van der Waals surface area (Å²) in [4.78, 5) is 0. The third-order valence-electron chi connectivity index (χ3n) is 4.47. The molecule has 0 aliphatic heterocycles. The maximum atomic E-state index is 6.31. The van der Waals surface area contributed by atoms with Crippen LogP contribution in [0.3, 0.4) is 0 Å². The molecule has 0 bridgehead atoms. The number of benzene rings is 3. The van der Waals surface area contributed by atoms with E-state index in [1.165, 1.54) is 16.7 Å². The van der Waals surface area contributed by atoms with Crippen LogP contribution in [-0.4, -0.2) is 0 Å². The minimum Gasteiger partial charge on any atom is -0.455 e. The molecule has 0 spiro atoms. The topological polar surface area (TPSA) is 13.1 Å². The van der Waals surface area contributed by atoms with Gasteiger partial charge in [0.2, 0.25) is 0 Å². The Hall–Kier alpha value is -3.06. The van der Waals surface area contributed by atoms with Crippen LogP contribution in [-0.2, 0) is 0 Å². The highest BCUT2D eigenvalue weighted by atomic mass is 16.3. The van der Waals surface area contributed by atoms with E-state index in [1.54, 1.807) is 0 Å². The van der Waals surface area contributed by atoms with Gasteiger partial charge >= 0.3 is 0 Å². The Labute approximate surface area is 148 Å². The van der Waals surface area contributed by atoms with Crippen LogP contribution in [0.15, 0.2) is 89.3 Å². The Morgan fingerprint density at radius 1 is 0.560 bits per heavy atom. The summed E-state index contributed by atoms with van der Waals surface area (Å²) in [5.41, 5.74) is 7.00. The summed E-state index contributed by atoms with van der Waals surface area (Å²) in [7, 11) is 0. The summed E-state index contributed by atoms with van der Waals surface area (Å²) in [6.07, 6.45) is 0. The molecule has 0 fully saturated rings. The van der Waals surface area contributed by atoms with Crippen molar-refractivity contribution in [3.05, 3.63) is 96.1 Å². The molecule has 1 nitrogen and oxygen atoms in total. The molecule has 0 saturated carbocycles. The van der Waals surface area contributed by atoms with Gasteiger partial charge in [0.05, 0.1) is 0 Å². The van der Waals surface area contributed by atoms with Gasteiger partial charge in [-0.1, -0.05) is 90.0 Å². The zero-order valence-corrected chi connectivity index (χ0v) is 14.5. The molecule has 0 aliphatic rings. The first kappa shape index (κ1) is 15.5. The van der Waals surface area contributed by atoms with E-state index in [9.17, 15) is 0 Å². The van der Waals surface area contributed by atoms with Gasteiger partial charge in [0, 0.05) is 16.7 Å². The zero-order chi connectivity index (χ0) is 17.2. The van der Waals surface area contributed by atoms with Crippen molar-refractivity contribution in [3.8, 4) is 33.8 Å². The van der Waals surface area contributed by atoms with Gasteiger partial charge in [-0.3, -0.25) is 0 Å². The van der Waals surface area contributed by atoms with Gasteiger partial charge in [-0.25, -0.2) is 0 Å². The average molecular weight is 324 g/mol. The fourth-order valence-electron chi connectivity index (χ4n) is 3.00. The van der Waals surface area contributed by atoms with Crippen LogP contribution in [0.5, 0.6) is 0 Å². The van der Waals surface area contributed by atoms with Gasteiger partial charge < -0.3 is 4.42 Å². The fraction of sp³-hybridized carbons (Fsp3) is 0.0833. The summed E-state index contributed by atoms with van der Waals surface area (Å²) < 4.78 is 6.31. The zero-order valence-electron chi connectivity index (χ0n) is 14.5. The smallest absolute Gasteiger partial charge is 0.142 e. The molecule has 4 aromatic rings. The molecule has 0 N–H and O–H groups in total. The SMILES string of the molecule is Cc1ccc(-c2cc(-c3ccccc3)oc2-c2ccc(C)cc2)cc1. The predicted molar refractivity (Wildman–Crippen MR) is 104 cm³/mol. The number of hydrogen-bond donors (Lipinski definition) is 0. The number of furan rings is 1. The molecule has 1 heteroatoms. The van der Waals surface area contributed by atoms with Gasteiger partial charge in [0.15, 0.2) is 0 Å². The van der Waals surface area contributed by atoms with Crippen molar-refractivity contribution < 1.29 is 4.42 Å². The van der Waals surface area contributed by atoms with Crippen molar-refractivity contribution in [3.63, 3.8) is 0 Å². The van der Waals surface area contributed by atoms with Crippen molar-refractivity contribution >= 4 is 0 Å². The van der Waals surface area contributed by atoms with E-state index in [4.69, 9.17) is 4.42 Å². The Bertz CT molecular complexity index is 912. The second kappa shape index (κ2) is 6.45. The van der Waals surface area contributed by atoms with Crippen LogP contribution < -0.4 is 0 Å². The van der Waals surface area contributed by atoms with Gasteiger partial charge in [-0.2, -0.15) is 0 Å². The van der Waals surface area contributed by atoms with E-state index in [-0.39, 0.29) is 0 Å². The molecule has 0 unspecified atom stereocenters. The lowest BCUT2D eigenvalue weighted by Crippen LogP contribution is -1.81. The molecule has 25 heavy (non-hydrogen) atoms. The largest absolute Gasteiger partial charge is 0.455 e. The summed E-state index contributed by atoms with van der Waals surface area (Å²) >= 11 is 0. The molecule has 3 aromatic carbocycles. The lowest BCUT2D eigenvalue weighted by Gasteiger charge is -2.04. The normalized spacial score (nSPS) is 10.8. The second-order valence-electron chi connectivity index (χ2n) is 6.45. The van der Waals surface area contributed by atoms with E-state index >= 15 is 0 Å². The number of rotatable bonds is 3. The van der Waals surface area contributed by atoms with E-state index in [0.717, 1.165) is 28.2 Å². The molecule has 0 saturated heterocycles. The second-order valence-corrected chi connectivity index (χ2v) is 6.45. The highest BCUT2D eigenvalue weighted by Crippen LogP contribution is 2.38. The van der Waals surface area contributed by atoms with E-state index in [0.29, 0.717) is 0 Å². The van der Waals surface area contributed by atoms with Crippen LogP contribution in [0.1, 0.15) is 11.1 Å². The van der Waals surface area contributed by atoms with Gasteiger partial charge in [-0.05, 0) is 25.5 Å². The highest BCUT2D eigenvalue weighted by molar-refractivity contribution is 5.83. The van der Waals surface area contributed by atoms with Crippen molar-refractivity contribution in [2.45, 2.75) is 13.8 Å².